The normalized spacial score (nSPS) is 12.0. The summed E-state index contributed by atoms with van der Waals surface area (Å²) in [5.41, 5.74) is 2.31. The van der Waals surface area contributed by atoms with Crippen molar-refractivity contribution >= 4 is 23.2 Å². The Morgan fingerprint density at radius 2 is 1.73 bits per heavy atom. The Balaban J connectivity index is 1.90. The lowest BCUT2D eigenvalue weighted by molar-refractivity contribution is -0.118. The number of anilines is 1. The van der Waals surface area contributed by atoms with Crippen LogP contribution in [0.15, 0.2) is 48.5 Å². The summed E-state index contributed by atoms with van der Waals surface area (Å²) >= 11 is 5.79. The van der Waals surface area contributed by atoms with Gasteiger partial charge in [0.05, 0.1) is 12.5 Å². The van der Waals surface area contributed by atoms with Gasteiger partial charge in [-0.25, -0.2) is 0 Å². The van der Waals surface area contributed by atoms with Crippen LogP contribution in [0.5, 0.6) is 0 Å². The minimum Gasteiger partial charge on any atom is -0.396 e. The highest BCUT2D eigenvalue weighted by Gasteiger charge is 2.13. The van der Waals surface area contributed by atoms with E-state index in [0.29, 0.717) is 22.7 Å². The zero-order chi connectivity index (χ0) is 15.9. The zero-order valence-corrected chi connectivity index (χ0v) is 12.8. The van der Waals surface area contributed by atoms with Gasteiger partial charge in [0, 0.05) is 17.3 Å². The molecule has 0 aliphatic heterocycles. The van der Waals surface area contributed by atoms with Crippen molar-refractivity contribution in [3.05, 3.63) is 64.7 Å². The van der Waals surface area contributed by atoms with Crippen LogP contribution in [-0.2, 0) is 11.2 Å². The molecule has 1 unspecified atom stereocenters. The second-order valence-corrected chi connectivity index (χ2v) is 5.43. The standard InChI is InChI=1S/C17H18ClNO3/c18-14-5-3-13(4-6-14)16(21)11-17(22)19-15-7-1-12(2-8-15)9-10-20/h1-8,16,20-21H,9-11H2,(H,19,22). The lowest BCUT2D eigenvalue weighted by Crippen LogP contribution is -2.15. The number of carbonyl (C=O) groups excluding carboxylic acids is 1. The van der Waals surface area contributed by atoms with Crippen LogP contribution < -0.4 is 5.32 Å². The first-order chi connectivity index (χ1) is 10.6. The summed E-state index contributed by atoms with van der Waals surface area (Å²) in [5.74, 6) is -0.266. The van der Waals surface area contributed by atoms with Crippen molar-refractivity contribution < 1.29 is 15.0 Å². The molecule has 0 spiro atoms. The molecular weight excluding hydrogens is 302 g/mol. The van der Waals surface area contributed by atoms with E-state index in [-0.39, 0.29) is 18.9 Å². The average Bonchev–Trinajstić information content (AvgIpc) is 2.50. The molecule has 1 atom stereocenters. The summed E-state index contributed by atoms with van der Waals surface area (Å²) in [4.78, 5) is 11.9. The van der Waals surface area contributed by atoms with Crippen LogP contribution in [0.3, 0.4) is 0 Å². The molecule has 0 aliphatic carbocycles. The van der Waals surface area contributed by atoms with Gasteiger partial charge in [-0.2, -0.15) is 0 Å². The molecule has 0 heterocycles. The minimum atomic E-state index is -0.870. The molecule has 22 heavy (non-hydrogen) atoms. The van der Waals surface area contributed by atoms with Crippen LogP contribution in [-0.4, -0.2) is 22.7 Å². The van der Waals surface area contributed by atoms with Gasteiger partial charge in [-0.1, -0.05) is 35.9 Å². The molecule has 116 valence electrons. The first-order valence-corrected chi connectivity index (χ1v) is 7.39. The van der Waals surface area contributed by atoms with Crippen molar-refractivity contribution in [3.8, 4) is 0 Å². The van der Waals surface area contributed by atoms with Crippen LogP contribution in [0.1, 0.15) is 23.7 Å². The van der Waals surface area contributed by atoms with Crippen molar-refractivity contribution in [1.82, 2.24) is 0 Å². The molecule has 4 nitrogen and oxygen atoms in total. The predicted molar refractivity (Wildman–Crippen MR) is 86.9 cm³/mol. The topological polar surface area (TPSA) is 69.6 Å². The average molecular weight is 320 g/mol. The van der Waals surface area contributed by atoms with Gasteiger partial charge in [0.25, 0.3) is 0 Å². The minimum absolute atomic E-state index is 0.0278. The van der Waals surface area contributed by atoms with Crippen LogP contribution in [0.2, 0.25) is 5.02 Å². The van der Waals surface area contributed by atoms with Gasteiger partial charge < -0.3 is 15.5 Å². The maximum atomic E-state index is 11.9. The second kappa shape index (κ2) is 7.94. The first kappa shape index (κ1) is 16.5. The van der Waals surface area contributed by atoms with E-state index in [0.717, 1.165) is 5.56 Å². The molecule has 2 rings (SSSR count). The third-order valence-electron chi connectivity index (χ3n) is 3.27. The monoisotopic (exact) mass is 319 g/mol. The molecule has 0 saturated heterocycles. The highest BCUT2D eigenvalue weighted by atomic mass is 35.5. The van der Waals surface area contributed by atoms with Crippen molar-refractivity contribution in [1.29, 1.82) is 0 Å². The number of carbonyl (C=O) groups is 1. The molecule has 0 saturated carbocycles. The van der Waals surface area contributed by atoms with Gasteiger partial charge in [-0.3, -0.25) is 4.79 Å². The predicted octanol–water partition coefficient (Wildman–Crippen LogP) is 2.94. The molecule has 0 aromatic heterocycles. The number of aliphatic hydroxyl groups is 2. The summed E-state index contributed by atoms with van der Waals surface area (Å²) in [6.07, 6.45) is -0.310. The number of nitrogens with one attached hydrogen (secondary N) is 1. The fourth-order valence-electron chi connectivity index (χ4n) is 2.07. The van der Waals surface area contributed by atoms with E-state index in [1.54, 1.807) is 36.4 Å². The number of aliphatic hydroxyl groups excluding tert-OH is 2. The number of hydrogen-bond acceptors (Lipinski definition) is 3. The number of benzene rings is 2. The Kier molecular flexibility index (Phi) is 5.95. The molecule has 0 fully saturated rings. The molecule has 2 aromatic carbocycles. The fourth-order valence-corrected chi connectivity index (χ4v) is 2.20. The van der Waals surface area contributed by atoms with Crippen LogP contribution in [0.25, 0.3) is 0 Å². The highest BCUT2D eigenvalue weighted by molar-refractivity contribution is 6.30. The van der Waals surface area contributed by atoms with E-state index in [1.807, 2.05) is 12.1 Å². The molecule has 0 aliphatic rings. The van der Waals surface area contributed by atoms with Crippen LogP contribution in [0.4, 0.5) is 5.69 Å². The van der Waals surface area contributed by atoms with Gasteiger partial charge in [0.15, 0.2) is 0 Å². The summed E-state index contributed by atoms with van der Waals surface area (Å²) in [6.45, 7) is 0.0962. The fraction of sp³-hybridized carbons (Fsp3) is 0.235. The van der Waals surface area contributed by atoms with E-state index < -0.39 is 6.10 Å². The van der Waals surface area contributed by atoms with Gasteiger partial charge in [0.1, 0.15) is 0 Å². The van der Waals surface area contributed by atoms with E-state index in [2.05, 4.69) is 5.32 Å². The lowest BCUT2D eigenvalue weighted by atomic mass is 10.1. The number of rotatable bonds is 6. The maximum absolute atomic E-state index is 11.9. The van der Waals surface area contributed by atoms with Gasteiger partial charge in [-0.05, 0) is 41.8 Å². The molecule has 5 heteroatoms. The van der Waals surface area contributed by atoms with E-state index in [9.17, 15) is 9.90 Å². The molecule has 3 N–H and O–H groups in total. The van der Waals surface area contributed by atoms with Crippen molar-refractivity contribution in [2.45, 2.75) is 18.9 Å². The molecule has 0 radical (unpaired) electrons. The number of halogens is 1. The van der Waals surface area contributed by atoms with Gasteiger partial charge in [0.2, 0.25) is 5.91 Å². The van der Waals surface area contributed by atoms with Crippen molar-refractivity contribution in [2.24, 2.45) is 0 Å². The largest absolute Gasteiger partial charge is 0.396 e. The van der Waals surface area contributed by atoms with Gasteiger partial charge >= 0.3 is 0 Å². The van der Waals surface area contributed by atoms with Crippen molar-refractivity contribution in [2.75, 3.05) is 11.9 Å². The van der Waals surface area contributed by atoms with E-state index >= 15 is 0 Å². The first-order valence-electron chi connectivity index (χ1n) is 7.01. The van der Waals surface area contributed by atoms with Crippen LogP contribution >= 0.6 is 11.6 Å². The van der Waals surface area contributed by atoms with E-state index in [4.69, 9.17) is 16.7 Å². The summed E-state index contributed by atoms with van der Waals surface area (Å²) in [5, 5.41) is 22.2. The highest BCUT2D eigenvalue weighted by Crippen LogP contribution is 2.20. The quantitative estimate of drug-likeness (QED) is 0.766. The Bertz CT molecular complexity index is 611. The Labute approximate surface area is 134 Å². The summed E-state index contributed by atoms with van der Waals surface area (Å²) in [7, 11) is 0. The Hall–Kier alpha value is -1.88. The Morgan fingerprint density at radius 3 is 2.32 bits per heavy atom. The van der Waals surface area contributed by atoms with Crippen LogP contribution in [0, 0.1) is 0 Å². The molecule has 2 aromatic rings. The smallest absolute Gasteiger partial charge is 0.227 e. The summed E-state index contributed by atoms with van der Waals surface area (Å²) in [6, 6.07) is 14.0. The van der Waals surface area contributed by atoms with E-state index in [1.165, 1.54) is 0 Å². The third kappa shape index (κ3) is 4.84. The molecule has 1 amide bonds. The second-order valence-electron chi connectivity index (χ2n) is 4.99. The summed E-state index contributed by atoms with van der Waals surface area (Å²) < 4.78 is 0. The lowest BCUT2D eigenvalue weighted by Gasteiger charge is -2.11. The zero-order valence-electron chi connectivity index (χ0n) is 12.0. The third-order valence-corrected chi connectivity index (χ3v) is 3.52. The Morgan fingerprint density at radius 1 is 1.09 bits per heavy atom. The number of hydrogen-bond donors (Lipinski definition) is 3. The van der Waals surface area contributed by atoms with Gasteiger partial charge in [-0.15, -0.1) is 0 Å². The van der Waals surface area contributed by atoms with Crippen molar-refractivity contribution in [3.63, 3.8) is 0 Å². The maximum Gasteiger partial charge on any atom is 0.227 e. The molecule has 0 bridgehead atoms. The molecular formula is C17H18ClNO3. The SMILES string of the molecule is O=C(CC(O)c1ccc(Cl)cc1)Nc1ccc(CCO)cc1. The number of amides is 1.